The summed E-state index contributed by atoms with van der Waals surface area (Å²) in [5.74, 6) is 1.04. The van der Waals surface area contributed by atoms with E-state index in [-0.39, 0.29) is 0 Å². The Morgan fingerprint density at radius 1 is 0.957 bits per heavy atom. The summed E-state index contributed by atoms with van der Waals surface area (Å²) in [5.41, 5.74) is 5.70. The molecule has 0 unspecified atom stereocenters. The van der Waals surface area contributed by atoms with Gasteiger partial charge in [0.05, 0.1) is 4.90 Å². The number of nitrogens with two attached hydrogens (primary N) is 1. The standard InChI is InChI=1S/C18H24N2O2S/c19-12-14-5-7-15(8-6-14)13-20-23(21,22)18-10-9-16-3-1-2-4-17(16)11-18/h1-4,9-11,14-15,20H,5-8,12-13,19H2. The van der Waals surface area contributed by atoms with E-state index in [1.54, 1.807) is 12.1 Å². The summed E-state index contributed by atoms with van der Waals surface area (Å²) in [4.78, 5) is 0.340. The highest BCUT2D eigenvalue weighted by atomic mass is 32.2. The van der Waals surface area contributed by atoms with E-state index in [1.165, 1.54) is 0 Å². The maximum Gasteiger partial charge on any atom is 0.240 e. The largest absolute Gasteiger partial charge is 0.330 e. The van der Waals surface area contributed by atoms with Gasteiger partial charge in [-0.15, -0.1) is 0 Å². The lowest BCUT2D eigenvalue weighted by Crippen LogP contribution is -2.32. The van der Waals surface area contributed by atoms with Crippen LogP contribution in [0.5, 0.6) is 0 Å². The lowest BCUT2D eigenvalue weighted by molar-refractivity contribution is 0.280. The molecule has 0 aliphatic heterocycles. The molecule has 3 rings (SSSR count). The Hall–Kier alpha value is -1.43. The van der Waals surface area contributed by atoms with Crippen molar-refractivity contribution in [2.24, 2.45) is 17.6 Å². The van der Waals surface area contributed by atoms with Gasteiger partial charge in [0.1, 0.15) is 0 Å². The average molecular weight is 332 g/mol. The van der Waals surface area contributed by atoms with Crippen molar-refractivity contribution in [3.8, 4) is 0 Å². The van der Waals surface area contributed by atoms with Crippen molar-refractivity contribution in [1.29, 1.82) is 0 Å². The lowest BCUT2D eigenvalue weighted by Gasteiger charge is -2.27. The van der Waals surface area contributed by atoms with Gasteiger partial charge in [0, 0.05) is 6.54 Å². The van der Waals surface area contributed by atoms with Gasteiger partial charge in [0.2, 0.25) is 10.0 Å². The molecule has 4 nitrogen and oxygen atoms in total. The lowest BCUT2D eigenvalue weighted by atomic mass is 9.82. The van der Waals surface area contributed by atoms with E-state index in [2.05, 4.69) is 4.72 Å². The Kier molecular flexibility index (Phi) is 4.99. The van der Waals surface area contributed by atoms with E-state index in [9.17, 15) is 8.42 Å². The molecule has 2 aromatic rings. The third-order valence-electron chi connectivity index (χ3n) is 4.89. The number of hydrogen-bond acceptors (Lipinski definition) is 3. The van der Waals surface area contributed by atoms with Crippen molar-refractivity contribution in [1.82, 2.24) is 4.72 Å². The molecule has 3 N–H and O–H groups in total. The highest BCUT2D eigenvalue weighted by molar-refractivity contribution is 7.89. The third kappa shape index (κ3) is 3.91. The molecule has 0 bridgehead atoms. The Balaban J connectivity index is 1.66. The predicted octanol–water partition coefficient (Wildman–Crippen LogP) is 2.88. The van der Waals surface area contributed by atoms with Gasteiger partial charge in [-0.1, -0.05) is 30.3 Å². The van der Waals surface area contributed by atoms with Crippen LogP contribution >= 0.6 is 0 Å². The van der Waals surface area contributed by atoms with Crippen LogP contribution in [0.3, 0.4) is 0 Å². The van der Waals surface area contributed by atoms with Crippen LogP contribution in [0.15, 0.2) is 47.4 Å². The summed E-state index contributed by atoms with van der Waals surface area (Å²) in [6.45, 7) is 1.27. The highest BCUT2D eigenvalue weighted by Crippen LogP contribution is 2.28. The first-order chi connectivity index (χ1) is 11.1. The van der Waals surface area contributed by atoms with Crippen LogP contribution in [-0.4, -0.2) is 21.5 Å². The second kappa shape index (κ2) is 6.99. The van der Waals surface area contributed by atoms with Crippen molar-refractivity contribution in [3.63, 3.8) is 0 Å². The van der Waals surface area contributed by atoms with Gasteiger partial charge in [-0.2, -0.15) is 0 Å². The number of fused-ring (bicyclic) bond motifs is 1. The van der Waals surface area contributed by atoms with Gasteiger partial charge in [-0.3, -0.25) is 0 Å². The molecule has 1 aliphatic carbocycles. The fraction of sp³-hybridized carbons (Fsp3) is 0.444. The van der Waals surface area contributed by atoms with Crippen molar-refractivity contribution in [2.75, 3.05) is 13.1 Å². The van der Waals surface area contributed by atoms with Gasteiger partial charge >= 0.3 is 0 Å². The molecule has 0 radical (unpaired) electrons. The molecule has 0 heterocycles. The van der Waals surface area contributed by atoms with Crippen LogP contribution in [0, 0.1) is 11.8 Å². The first-order valence-corrected chi connectivity index (χ1v) is 9.75. The summed E-state index contributed by atoms with van der Waals surface area (Å²) >= 11 is 0. The fourth-order valence-corrected chi connectivity index (χ4v) is 4.47. The molecule has 0 aromatic heterocycles. The molecule has 1 aliphatic rings. The minimum absolute atomic E-state index is 0.340. The van der Waals surface area contributed by atoms with E-state index >= 15 is 0 Å². The number of nitrogens with one attached hydrogen (secondary N) is 1. The van der Waals surface area contributed by atoms with Crippen LogP contribution in [0.2, 0.25) is 0 Å². The van der Waals surface area contributed by atoms with Gasteiger partial charge in [0.15, 0.2) is 0 Å². The Bertz CT molecular complexity index is 765. The molecule has 0 amide bonds. The zero-order valence-electron chi connectivity index (χ0n) is 13.2. The first-order valence-electron chi connectivity index (χ1n) is 8.27. The minimum Gasteiger partial charge on any atom is -0.330 e. The smallest absolute Gasteiger partial charge is 0.240 e. The van der Waals surface area contributed by atoms with Crippen molar-refractivity contribution >= 4 is 20.8 Å². The molecule has 5 heteroatoms. The summed E-state index contributed by atoms with van der Waals surface area (Å²) in [6.07, 6.45) is 4.34. The van der Waals surface area contributed by atoms with Crippen LogP contribution in [-0.2, 0) is 10.0 Å². The van der Waals surface area contributed by atoms with Crippen molar-refractivity contribution < 1.29 is 8.42 Å². The molecule has 1 saturated carbocycles. The van der Waals surface area contributed by atoms with E-state index in [4.69, 9.17) is 5.73 Å². The predicted molar refractivity (Wildman–Crippen MR) is 93.6 cm³/mol. The number of rotatable bonds is 5. The highest BCUT2D eigenvalue weighted by Gasteiger charge is 2.22. The average Bonchev–Trinajstić information content (AvgIpc) is 2.60. The van der Waals surface area contributed by atoms with Crippen molar-refractivity contribution in [3.05, 3.63) is 42.5 Å². The maximum absolute atomic E-state index is 12.5. The fourth-order valence-electron chi connectivity index (χ4n) is 3.32. The van der Waals surface area contributed by atoms with E-state index in [0.717, 1.165) is 43.0 Å². The zero-order valence-corrected chi connectivity index (χ0v) is 14.1. The second-order valence-corrected chi connectivity index (χ2v) is 8.25. The van der Waals surface area contributed by atoms with Gasteiger partial charge < -0.3 is 5.73 Å². The van der Waals surface area contributed by atoms with Crippen LogP contribution < -0.4 is 10.5 Å². The summed E-state index contributed by atoms with van der Waals surface area (Å²) in [7, 11) is -3.44. The van der Waals surface area contributed by atoms with Crippen LogP contribution in [0.1, 0.15) is 25.7 Å². The summed E-state index contributed by atoms with van der Waals surface area (Å²) in [5, 5.41) is 1.99. The minimum atomic E-state index is -3.44. The molecular formula is C18H24N2O2S. The zero-order chi connectivity index (χ0) is 16.3. The van der Waals surface area contributed by atoms with Crippen molar-refractivity contribution in [2.45, 2.75) is 30.6 Å². The maximum atomic E-state index is 12.5. The number of sulfonamides is 1. The molecule has 23 heavy (non-hydrogen) atoms. The van der Waals surface area contributed by atoms with E-state index in [1.807, 2.05) is 30.3 Å². The Morgan fingerprint density at radius 3 is 2.30 bits per heavy atom. The molecule has 2 aromatic carbocycles. The van der Waals surface area contributed by atoms with E-state index in [0.29, 0.717) is 23.3 Å². The van der Waals surface area contributed by atoms with Crippen LogP contribution in [0.25, 0.3) is 10.8 Å². The topological polar surface area (TPSA) is 72.2 Å². The SMILES string of the molecule is NCC1CCC(CNS(=O)(=O)c2ccc3ccccc3c2)CC1. The van der Waals surface area contributed by atoms with Gasteiger partial charge in [-0.25, -0.2) is 13.1 Å². The molecule has 0 spiro atoms. The Morgan fingerprint density at radius 2 is 1.61 bits per heavy atom. The summed E-state index contributed by atoms with van der Waals surface area (Å²) < 4.78 is 27.8. The quantitative estimate of drug-likeness (QED) is 0.884. The molecule has 0 saturated heterocycles. The second-order valence-electron chi connectivity index (χ2n) is 6.48. The summed E-state index contributed by atoms with van der Waals surface area (Å²) in [6, 6.07) is 13.1. The number of hydrogen-bond donors (Lipinski definition) is 2. The van der Waals surface area contributed by atoms with Gasteiger partial charge in [-0.05, 0) is 67.0 Å². The molecular weight excluding hydrogens is 308 g/mol. The first kappa shape index (κ1) is 16.4. The Labute approximate surface area is 138 Å². The van der Waals surface area contributed by atoms with Gasteiger partial charge in [0.25, 0.3) is 0 Å². The molecule has 124 valence electrons. The molecule has 0 atom stereocenters. The monoisotopic (exact) mass is 332 g/mol. The third-order valence-corrected chi connectivity index (χ3v) is 6.31. The number of benzene rings is 2. The normalized spacial score (nSPS) is 22.3. The van der Waals surface area contributed by atoms with E-state index < -0.39 is 10.0 Å². The molecule has 1 fully saturated rings. The van der Waals surface area contributed by atoms with Crippen LogP contribution in [0.4, 0.5) is 0 Å².